The molecule has 102 valence electrons. The van der Waals surface area contributed by atoms with Crippen LogP contribution < -0.4 is 0 Å². The molecule has 1 aromatic rings. The zero-order valence-electron chi connectivity index (χ0n) is 11.8. The number of hydrogen-bond donors (Lipinski definition) is 0. The van der Waals surface area contributed by atoms with Crippen LogP contribution in [0.1, 0.15) is 18.4 Å². The fraction of sp³-hybridized carbons (Fsp3) is 0.312. The van der Waals surface area contributed by atoms with Gasteiger partial charge in [0.2, 0.25) is 0 Å². The van der Waals surface area contributed by atoms with E-state index in [-0.39, 0.29) is 11.5 Å². The van der Waals surface area contributed by atoms with E-state index in [9.17, 15) is 4.79 Å². The van der Waals surface area contributed by atoms with E-state index in [1.54, 1.807) is 14.1 Å². The van der Waals surface area contributed by atoms with Crippen LogP contribution in [0.5, 0.6) is 0 Å². The minimum Gasteiger partial charge on any atom is -0.345 e. The molecule has 0 spiro atoms. The quantitative estimate of drug-likeness (QED) is 0.608. The van der Waals surface area contributed by atoms with Crippen LogP contribution >= 0.6 is 0 Å². The monoisotopic (exact) mass is 267 g/mol. The van der Waals surface area contributed by atoms with Crippen LogP contribution in [0.15, 0.2) is 41.5 Å². The number of carbonyl (C=O) groups excluding carboxylic acids is 1. The molecule has 0 heterocycles. The number of aryl methyl sites for hydroxylation is 1. The van der Waals surface area contributed by atoms with Crippen LogP contribution in [0.2, 0.25) is 0 Å². The summed E-state index contributed by atoms with van der Waals surface area (Å²) in [7, 11) is 3.23. The highest BCUT2D eigenvalue weighted by molar-refractivity contribution is 5.95. The molecule has 0 atom stereocenters. The van der Waals surface area contributed by atoms with Crippen molar-refractivity contribution in [3.05, 3.63) is 47.0 Å². The van der Waals surface area contributed by atoms with Gasteiger partial charge in [-0.2, -0.15) is 10.5 Å². The average Bonchev–Trinajstić information content (AvgIpc) is 2.47. The normalized spacial score (nSPS) is 9.20. The Balaban J connectivity index is 2.78. The van der Waals surface area contributed by atoms with Crippen LogP contribution in [-0.4, -0.2) is 24.9 Å². The van der Waals surface area contributed by atoms with Crippen LogP contribution in [0.4, 0.5) is 0 Å². The van der Waals surface area contributed by atoms with E-state index in [1.165, 1.54) is 10.5 Å². The Morgan fingerprint density at radius 2 is 1.75 bits per heavy atom. The summed E-state index contributed by atoms with van der Waals surface area (Å²) in [4.78, 5) is 13.4. The Bertz CT molecular complexity index is 558. The van der Waals surface area contributed by atoms with Gasteiger partial charge < -0.3 is 4.90 Å². The largest absolute Gasteiger partial charge is 0.345 e. The summed E-state index contributed by atoms with van der Waals surface area (Å²) >= 11 is 0. The molecule has 0 aromatic heterocycles. The first-order chi connectivity index (χ1) is 9.60. The number of rotatable bonds is 5. The molecule has 0 fully saturated rings. The van der Waals surface area contributed by atoms with Gasteiger partial charge in [0, 0.05) is 19.7 Å². The fourth-order valence-electron chi connectivity index (χ4n) is 1.88. The maximum atomic E-state index is 12.0. The minimum atomic E-state index is -0.267. The van der Waals surface area contributed by atoms with E-state index in [1.807, 2.05) is 42.5 Å². The third-order valence-electron chi connectivity index (χ3n) is 2.92. The van der Waals surface area contributed by atoms with Gasteiger partial charge in [-0.15, -0.1) is 0 Å². The number of nitrogens with zero attached hydrogens (tertiary/aromatic N) is 3. The van der Waals surface area contributed by atoms with Crippen molar-refractivity contribution < 1.29 is 4.79 Å². The predicted molar refractivity (Wildman–Crippen MR) is 76.3 cm³/mol. The molecule has 1 rings (SSSR count). The molecule has 0 saturated heterocycles. The van der Waals surface area contributed by atoms with Gasteiger partial charge in [0.15, 0.2) is 0 Å². The molecule has 0 N–H and O–H groups in total. The summed E-state index contributed by atoms with van der Waals surface area (Å²) in [6, 6.07) is 13.5. The van der Waals surface area contributed by atoms with Crippen molar-refractivity contribution in [2.75, 3.05) is 14.1 Å². The Labute approximate surface area is 119 Å². The van der Waals surface area contributed by atoms with E-state index < -0.39 is 0 Å². The number of carbonyl (C=O) groups is 1. The van der Waals surface area contributed by atoms with Crippen molar-refractivity contribution in [3.63, 3.8) is 0 Å². The third-order valence-corrected chi connectivity index (χ3v) is 2.92. The Morgan fingerprint density at radius 1 is 1.15 bits per heavy atom. The molecule has 0 saturated carbocycles. The van der Waals surface area contributed by atoms with Crippen molar-refractivity contribution in [2.24, 2.45) is 0 Å². The first-order valence-electron chi connectivity index (χ1n) is 6.39. The molecule has 0 unspecified atom stereocenters. The van der Waals surface area contributed by atoms with Gasteiger partial charge in [0.25, 0.3) is 5.91 Å². The second-order valence-corrected chi connectivity index (χ2v) is 4.62. The predicted octanol–water partition coefficient (Wildman–Crippen LogP) is 2.44. The number of amides is 1. The second kappa shape index (κ2) is 7.76. The van der Waals surface area contributed by atoms with Gasteiger partial charge in [0.1, 0.15) is 17.7 Å². The molecule has 4 nitrogen and oxygen atoms in total. The topological polar surface area (TPSA) is 67.9 Å². The van der Waals surface area contributed by atoms with Crippen molar-refractivity contribution in [1.29, 1.82) is 10.5 Å². The maximum absolute atomic E-state index is 12.0. The third kappa shape index (κ3) is 4.26. The van der Waals surface area contributed by atoms with Crippen molar-refractivity contribution in [2.45, 2.75) is 19.3 Å². The Kier molecular flexibility index (Phi) is 6.00. The molecular weight excluding hydrogens is 250 g/mol. The maximum Gasteiger partial charge on any atom is 0.251 e. The van der Waals surface area contributed by atoms with Crippen LogP contribution in [0.25, 0.3) is 0 Å². The van der Waals surface area contributed by atoms with E-state index in [4.69, 9.17) is 10.5 Å². The molecule has 1 amide bonds. The second-order valence-electron chi connectivity index (χ2n) is 4.62. The van der Waals surface area contributed by atoms with Gasteiger partial charge in [-0.1, -0.05) is 30.3 Å². The highest BCUT2D eigenvalue weighted by Crippen LogP contribution is 2.15. The van der Waals surface area contributed by atoms with Gasteiger partial charge in [0.05, 0.1) is 0 Å². The van der Waals surface area contributed by atoms with E-state index >= 15 is 0 Å². The lowest BCUT2D eigenvalue weighted by atomic mass is 10.00. The number of allylic oxidation sites excluding steroid dienone is 1. The molecule has 0 bridgehead atoms. The van der Waals surface area contributed by atoms with Crippen molar-refractivity contribution in [1.82, 2.24) is 4.90 Å². The summed E-state index contributed by atoms with van der Waals surface area (Å²) < 4.78 is 0. The van der Waals surface area contributed by atoms with Gasteiger partial charge in [-0.05, 0) is 24.8 Å². The smallest absolute Gasteiger partial charge is 0.251 e. The Hall–Kier alpha value is -2.59. The standard InChI is InChI=1S/C16H17N3O/c1-19(2)16(20)15(14(11-17)12-18)10-6-9-13-7-4-3-5-8-13/h3-5,7-8H,6,9-10H2,1-2H3. The molecule has 20 heavy (non-hydrogen) atoms. The number of benzene rings is 1. The first kappa shape index (κ1) is 15.5. The van der Waals surface area contributed by atoms with Crippen LogP contribution in [-0.2, 0) is 11.2 Å². The first-order valence-corrected chi connectivity index (χ1v) is 6.39. The highest BCUT2D eigenvalue weighted by atomic mass is 16.2. The summed E-state index contributed by atoms with van der Waals surface area (Å²) in [5.74, 6) is -0.267. The summed E-state index contributed by atoms with van der Waals surface area (Å²) in [5.41, 5.74) is 1.40. The van der Waals surface area contributed by atoms with Gasteiger partial charge >= 0.3 is 0 Å². The molecule has 0 aliphatic rings. The van der Waals surface area contributed by atoms with E-state index in [0.717, 1.165) is 12.8 Å². The number of nitriles is 2. The number of hydrogen-bond acceptors (Lipinski definition) is 3. The van der Waals surface area contributed by atoms with Crippen molar-refractivity contribution in [3.8, 4) is 12.1 Å². The van der Waals surface area contributed by atoms with E-state index in [0.29, 0.717) is 12.0 Å². The number of likely N-dealkylation sites (N-methyl/N-ethyl adjacent to an activating group) is 1. The van der Waals surface area contributed by atoms with Gasteiger partial charge in [-0.3, -0.25) is 4.79 Å². The van der Waals surface area contributed by atoms with Gasteiger partial charge in [-0.25, -0.2) is 0 Å². The average molecular weight is 267 g/mol. The molecule has 0 aliphatic carbocycles. The zero-order valence-corrected chi connectivity index (χ0v) is 11.8. The van der Waals surface area contributed by atoms with Crippen LogP contribution in [0, 0.1) is 22.7 Å². The lowest BCUT2D eigenvalue weighted by Crippen LogP contribution is -2.24. The lowest BCUT2D eigenvalue weighted by molar-refractivity contribution is -0.124. The highest BCUT2D eigenvalue weighted by Gasteiger charge is 2.17. The molecule has 0 aliphatic heterocycles. The SMILES string of the molecule is CN(C)C(=O)C(CCCc1ccccc1)=C(C#N)C#N. The summed E-state index contributed by atoms with van der Waals surface area (Å²) in [6.07, 6.45) is 1.98. The lowest BCUT2D eigenvalue weighted by Gasteiger charge is -2.13. The minimum absolute atomic E-state index is 0.0863. The van der Waals surface area contributed by atoms with Crippen molar-refractivity contribution >= 4 is 5.91 Å². The molecule has 1 aromatic carbocycles. The Morgan fingerprint density at radius 3 is 2.25 bits per heavy atom. The fourth-order valence-corrected chi connectivity index (χ4v) is 1.88. The summed E-state index contributed by atoms with van der Waals surface area (Å²) in [5, 5.41) is 17.9. The van der Waals surface area contributed by atoms with Crippen LogP contribution in [0.3, 0.4) is 0 Å². The molecular formula is C16H17N3O. The summed E-state index contributed by atoms with van der Waals surface area (Å²) in [6.45, 7) is 0. The molecule has 0 radical (unpaired) electrons. The zero-order chi connectivity index (χ0) is 15.0. The molecule has 4 heteroatoms. The van der Waals surface area contributed by atoms with E-state index in [2.05, 4.69) is 0 Å².